The number of pyridine rings is 1. The van der Waals surface area contributed by atoms with Crippen LogP contribution in [0.15, 0.2) is 23.1 Å². The van der Waals surface area contributed by atoms with E-state index in [2.05, 4.69) is 4.98 Å². The summed E-state index contributed by atoms with van der Waals surface area (Å²) in [5, 5.41) is 9.88. The van der Waals surface area contributed by atoms with Crippen LogP contribution in [0.3, 0.4) is 0 Å². The van der Waals surface area contributed by atoms with Crippen molar-refractivity contribution in [3.63, 3.8) is 0 Å². The molecule has 0 atom stereocenters. The van der Waals surface area contributed by atoms with Gasteiger partial charge in [-0.05, 0) is 12.1 Å². The molecule has 0 fully saturated rings. The molecule has 0 spiro atoms. The maximum Gasteiger partial charge on any atom is 0.335 e. The first-order valence-corrected chi connectivity index (χ1v) is 5.05. The van der Waals surface area contributed by atoms with E-state index in [0.29, 0.717) is 5.69 Å². The van der Waals surface area contributed by atoms with Gasteiger partial charge in [-0.25, -0.2) is 14.3 Å². The van der Waals surface area contributed by atoms with Crippen LogP contribution < -0.4 is 5.69 Å². The highest BCUT2D eigenvalue weighted by molar-refractivity contribution is 6.32. The summed E-state index contributed by atoms with van der Waals surface area (Å²) in [6.07, 6.45) is 1.30. The predicted molar refractivity (Wildman–Crippen MR) is 60.5 cm³/mol. The Labute approximate surface area is 100 Å². The van der Waals surface area contributed by atoms with Gasteiger partial charge >= 0.3 is 5.69 Å². The second-order valence-corrected chi connectivity index (χ2v) is 3.96. The molecule has 2 heterocycles. The van der Waals surface area contributed by atoms with Gasteiger partial charge in [-0.2, -0.15) is 0 Å². The fraction of sp³-hybridized carbons (Fsp3) is 0.111. The van der Waals surface area contributed by atoms with E-state index in [1.54, 1.807) is 0 Å². The zero-order chi connectivity index (χ0) is 11.9. The van der Waals surface area contributed by atoms with Crippen LogP contribution in [-0.4, -0.2) is 19.2 Å². The van der Waals surface area contributed by atoms with E-state index in [9.17, 15) is 9.90 Å². The molecule has 16 heavy (non-hydrogen) atoms. The van der Waals surface area contributed by atoms with Crippen LogP contribution in [0, 0.1) is 0 Å². The molecule has 0 saturated heterocycles. The Morgan fingerprint density at radius 1 is 1.31 bits per heavy atom. The molecule has 0 saturated carbocycles. The largest absolute Gasteiger partial charge is 0.493 e. The number of hydrogen-bond donors (Lipinski definition) is 1. The summed E-state index contributed by atoms with van der Waals surface area (Å²) in [6.45, 7) is 0. The van der Waals surface area contributed by atoms with Gasteiger partial charge in [-0.1, -0.05) is 23.2 Å². The zero-order valence-corrected chi connectivity index (χ0v) is 9.70. The number of nitrogens with zero attached hydrogens (tertiary/aromatic N) is 3. The highest BCUT2D eigenvalue weighted by Crippen LogP contribution is 2.20. The number of imidazole rings is 1. The Morgan fingerprint density at radius 3 is 2.31 bits per heavy atom. The highest BCUT2D eigenvalue weighted by atomic mass is 35.5. The van der Waals surface area contributed by atoms with Crippen LogP contribution in [0.5, 0.6) is 5.88 Å². The lowest BCUT2D eigenvalue weighted by molar-refractivity contribution is 0.441. The Bertz CT molecular complexity index is 583. The van der Waals surface area contributed by atoms with E-state index in [-0.39, 0.29) is 16.2 Å². The molecule has 5 nitrogen and oxygen atoms in total. The molecular formula is C9H7Cl2N3O2. The molecule has 0 bridgehead atoms. The Balaban J connectivity index is 2.72. The molecule has 2 rings (SSSR count). The average Bonchev–Trinajstić information content (AvgIpc) is 2.39. The SMILES string of the molecule is Cn1cc(O)n(-c2cc(Cl)nc(Cl)c2)c1=O. The van der Waals surface area contributed by atoms with Crippen molar-refractivity contribution in [2.24, 2.45) is 7.05 Å². The fourth-order valence-corrected chi connectivity index (χ4v) is 1.81. The van der Waals surface area contributed by atoms with Gasteiger partial charge in [0, 0.05) is 7.05 Å². The average molecular weight is 260 g/mol. The monoisotopic (exact) mass is 259 g/mol. The third kappa shape index (κ3) is 1.79. The first kappa shape index (κ1) is 11.0. The fourth-order valence-electron chi connectivity index (χ4n) is 1.37. The summed E-state index contributed by atoms with van der Waals surface area (Å²) in [6, 6.07) is 2.88. The smallest absolute Gasteiger partial charge is 0.335 e. The van der Waals surface area contributed by atoms with E-state index < -0.39 is 5.69 Å². The van der Waals surface area contributed by atoms with Gasteiger partial charge in [0.2, 0.25) is 5.88 Å². The molecule has 84 valence electrons. The first-order valence-electron chi connectivity index (χ1n) is 4.30. The lowest BCUT2D eigenvalue weighted by atomic mass is 10.4. The molecule has 2 aromatic rings. The number of hydrogen-bond acceptors (Lipinski definition) is 3. The Morgan fingerprint density at radius 2 is 1.88 bits per heavy atom. The summed E-state index contributed by atoms with van der Waals surface area (Å²) in [5.74, 6) is -0.189. The summed E-state index contributed by atoms with van der Waals surface area (Å²) in [7, 11) is 1.53. The molecule has 0 aromatic carbocycles. The maximum absolute atomic E-state index is 11.7. The van der Waals surface area contributed by atoms with Gasteiger partial charge in [0.05, 0.1) is 11.9 Å². The predicted octanol–water partition coefficient (Wildman–Crippen LogP) is 1.58. The van der Waals surface area contributed by atoms with Crippen molar-refractivity contribution >= 4 is 23.2 Å². The first-order chi connectivity index (χ1) is 7.49. The van der Waals surface area contributed by atoms with E-state index in [4.69, 9.17) is 23.2 Å². The molecule has 0 aliphatic heterocycles. The summed E-state index contributed by atoms with van der Waals surface area (Å²) >= 11 is 11.4. The lowest BCUT2D eigenvalue weighted by Gasteiger charge is -2.03. The van der Waals surface area contributed by atoms with Crippen molar-refractivity contribution in [3.05, 3.63) is 39.1 Å². The quantitative estimate of drug-likeness (QED) is 0.792. The van der Waals surface area contributed by atoms with Gasteiger partial charge in [0.15, 0.2) is 0 Å². The molecular weight excluding hydrogens is 253 g/mol. The second kappa shape index (κ2) is 3.84. The third-order valence-corrected chi connectivity index (χ3v) is 2.42. The van der Waals surface area contributed by atoms with Crippen LogP contribution in [-0.2, 0) is 7.05 Å². The van der Waals surface area contributed by atoms with E-state index in [1.807, 2.05) is 0 Å². The number of aryl methyl sites for hydroxylation is 1. The van der Waals surface area contributed by atoms with Crippen LogP contribution in [0.4, 0.5) is 0 Å². The number of aromatic nitrogens is 3. The van der Waals surface area contributed by atoms with Gasteiger partial charge in [-0.15, -0.1) is 0 Å². The molecule has 7 heteroatoms. The van der Waals surface area contributed by atoms with Crippen molar-refractivity contribution in [2.75, 3.05) is 0 Å². The Kier molecular flexibility index (Phi) is 2.65. The summed E-state index contributed by atoms with van der Waals surface area (Å²) < 4.78 is 2.33. The van der Waals surface area contributed by atoms with Gasteiger partial charge < -0.3 is 5.11 Å². The molecule has 2 aromatic heterocycles. The van der Waals surface area contributed by atoms with E-state index >= 15 is 0 Å². The lowest BCUT2D eigenvalue weighted by Crippen LogP contribution is -2.20. The minimum atomic E-state index is -0.393. The molecule has 1 N–H and O–H groups in total. The third-order valence-electron chi connectivity index (χ3n) is 2.04. The number of halogens is 2. The molecule has 0 amide bonds. The maximum atomic E-state index is 11.7. The summed E-state index contributed by atoms with van der Waals surface area (Å²) in [4.78, 5) is 15.4. The van der Waals surface area contributed by atoms with Crippen molar-refractivity contribution in [1.82, 2.24) is 14.1 Å². The van der Waals surface area contributed by atoms with Crippen molar-refractivity contribution in [2.45, 2.75) is 0 Å². The van der Waals surface area contributed by atoms with Gasteiger partial charge in [0.1, 0.15) is 10.3 Å². The van der Waals surface area contributed by atoms with Gasteiger partial charge in [0.25, 0.3) is 0 Å². The Hall–Kier alpha value is -1.46. The molecule has 0 aliphatic rings. The molecule has 0 radical (unpaired) electrons. The summed E-state index contributed by atoms with van der Waals surface area (Å²) in [5.41, 5.74) is -0.0241. The standard InChI is InChI=1S/C9H7Cl2N3O2/c1-13-4-8(15)14(9(13)16)5-2-6(10)12-7(11)3-5/h2-4,15H,1H3. The number of aromatic hydroxyl groups is 1. The minimum absolute atomic E-state index is 0.151. The van der Waals surface area contributed by atoms with Crippen LogP contribution in [0.2, 0.25) is 10.3 Å². The minimum Gasteiger partial charge on any atom is -0.493 e. The van der Waals surface area contributed by atoms with Crippen molar-refractivity contribution in [1.29, 1.82) is 0 Å². The highest BCUT2D eigenvalue weighted by Gasteiger charge is 2.11. The zero-order valence-electron chi connectivity index (χ0n) is 8.19. The topological polar surface area (TPSA) is 60.1 Å². The van der Waals surface area contributed by atoms with Crippen molar-refractivity contribution < 1.29 is 5.11 Å². The molecule has 0 aliphatic carbocycles. The van der Waals surface area contributed by atoms with Crippen molar-refractivity contribution in [3.8, 4) is 11.6 Å². The van der Waals surface area contributed by atoms with Gasteiger partial charge in [-0.3, -0.25) is 4.57 Å². The van der Waals surface area contributed by atoms with Crippen LogP contribution >= 0.6 is 23.2 Å². The van der Waals surface area contributed by atoms with E-state index in [0.717, 1.165) is 4.57 Å². The molecule has 0 unspecified atom stereocenters. The second-order valence-electron chi connectivity index (χ2n) is 3.19. The number of rotatable bonds is 1. The van der Waals surface area contributed by atoms with E-state index in [1.165, 1.54) is 29.9 Å². The van der Waals surface area contributed by atoms with Crippen LogP contribution in [0.25, 0.3) is 5.69 Å². The normalized spacial score (nSPS) is 10.7. The van der Waals surface area contributed by atoms with Crippen LogP contribution in [0.1, 0.15) is 0 Å².